The van der Waals surface area contributed by atoms with Crippen LogP contribution in [0, 0.1) is 0 Å². The monoisotopic (exact) mass is 388 g/mol. The number of methoxy groups -OCH3 is 3. The van der Waals surface area contributed by atoms with Gasteiger partial charge in [-0.3, -0.25) is 0 Å². The Kier molecular flexibility index (Phi) is 7.43. The van der Waals surface area contributed by atoms with Gasteiger partial charge in [-0.25, -0.2) is 4.79 Å². The lowest BCUT2D eigenvalue weighted by Gasteiger charge is -2.21. The minimum atomic E-state index is -0.394. The van der Waals surface area contributed by atoms with Crippen LogP contribution in [0.4, 0.5) is 5.69 Å². The van der Waals surface area contributed by atoms with E-state index >= 15 is 0 Å². The molecule has 6 nitrogen and oxygen atoms in total. The fraction of sp³-hybridized carbons (Fsp3) is 0.300. The molecular formula is C20H24N2O4S. The van der Waals surface area contributed by atoms with Gasteiger partial charge < -0.3 is 24.8 Å². The Bertz CT molecular complexity index is 810. The number of carbonyl (C=O) groups excluding carboxylic acids is 1. The maximum absolute atomic E-state index is 11.7. The lowest BCUT2D eigenvalue weighted by Crippen LogP contribution is -2.32. The van der Waals surface area contributed by atoms with E-state index in [1.807, 2.05) is 24.3 Å². The lowest BCUT2D eigenvalue weighted by molar-refractivity contribution is 0.0601. The molecule has 0 aliphatic heterocycles. The highest BCUT2D eigenvalue weighted by molar-refractivity contribution is 7.80. The van der Waals surface area contributed by atoms with Gasteiger partial charge in [0.15, 0.2) is 16.6 Å². The summed E-state index contributed by atoms with van der Waals surface area (Å²) in [5.41, 5.74) is 2.19. The maximum Gasteiger partial charge on any atom is 0.337 e. The van der Waals surface area contributed by atoms with E-state index in [1.165, 1.54) is 7.11 Å². The predicted molar refractivity (Wildman–Crippen MR) is 110 cm³/mol. The highest BCUT2D eigenvalue weighted by atomic mass is 32.1. The molecular weight excluding hydrogens is 364 g/mol. The number of esters is 1. The summed E-state index contributed by atoms with van der Waals surface area (Å²) in [5, 5.41) is 6.85. The number of nitrogens with one attached hydrogen (secondary N) is 2. The summed E-state index contributed by atoms with van der Waals surface area (Å²) < 4.78 is 15.4. The topological polar surface area (TPSA) is 68.8 Å². The van der Waals surface area contributed by atoms with E-state index in [2.05, 4.69) is 17.6 Å². The van der Waals surface area contributed by atoms with Gasteiger partial charge in [0, 0.05) is 5.69 Å². The molecule has 0 spiro atoms. The number of hydrogen-bond acceptors (Lipinski definition) is 5. The second-order valence-corrected chi connectivity index (χ2v) is 6.15. The first kappa shape index (κ1) is 20.5. The molecule has 1 atom stereocenters. The Morgan fingerprint density at radius 3 is 2.44 bits per heavy atom. The summed E-state index contributed by atoms with van der Waals surface area (Å²) in [6.07, 6.45) is 0.819. The number of anilines is 1. The van der Waals surface area contributed by atoms with Crippen molar-refractivity contribution in [1.29, 1.82) is 0 Å². The van der Waals surface area contributed by atoms with E-state index < -0.39 is 5.97 Å². The van der Waals surface area contributed by atoms with Crippen LogP contribution < -0.4 is 20.1 Å². The second-order valence-electron chi connectivity index (χ2n) is 5.75. The van der Waals surface area contributed by atoms with Crippen LogP contribution in [0.5, 0.6) is 11.5 Å². The highest BCUT2D eigenvalue weighted by Gasteiger charge is 2.14. The molecule has 7 heteroatoms. The Hall–Kier alpha value is -2.80. The van der Waals surface area contributed by atoms with Crippen molar-refractivity contribution in [1.82, 2.24) is 5.32 Å². The summed E-state index contributed by atoms with van der Waals surface area (Å²) in [5.74, 6) is 0.950. The van der Waals surface area contributed by atoms with Crippen LogP contribution in [0.25, 0.3) is 0 Å². The third-order valence-corrected chi connectivity index (χ3v) is 4.28. The Balaban J connectivity index is 2.10. The summed E-state index contributed by atoms with van der Waals surface area (Å²) in [4.78, 5) is 11.7. The molecule has 0 heterocycles. The number of hydrogen-bond donors (Lipinski definition) is 2. The van der Waals surface area contributed by atoms with Crippen LogP contribution >= 0.6 is 12.2 Å². The molecule has 2 N–H and O–H groups in total. The largest absolute Gasteiger partial charge is 0.493 e. The Labute approximate surface area is 164 Å². The Morgan fingerprint density at radius 2 is 1.81 bits per heavy atom. The van der Waals surface area contributed by atoms with Gasteiger partial charge in [-0.1, -0.05) is 19.1 Å². The van der Waals surface area contributed by atoms with Gasteiger partial charge in [0.25, 0.3) is 0 Å². The van der Waals surface area contributed by atoms with Gasteiger partial charge in [0.2, 0.25) is 0 Å². The van der Waals surface area contributed by atoms with Crippen molar-refractivity contribution >= 4 is 29.0 Å². The van der Waals surface area contributed by atoms with Crippen molar-refractivity contribution in [3.05, 3.63) is 53.6 Å². The number of carbonyl (C=O) groups is 1. The molecule has 0 radical (unpaired) electrons. The van der Waals surface area contributed by atoms with E-state index in [9.17, 15) is 4.79 Å². The molecule has 0 amide bonds. The van der Waals surface area contributed by atoms with Gasteiger partial charge in [0.1, 0.15) is 0 Å². The predicted octanol–water partition coefficient (Wildman–Crippen LogP) is 3.93. The van der Waals surface area contributed by atoms with E-state index in [0.717, 1.165) is 12.0 Å². The highest BCUT2D eigenvalue weighted by Crippen LogP contribution is 2.30. The zero-order valence-corrected chi connectivity index (χ0v) is 16.7. The van der Waals surface area contributed by atoms with Crippen LogP contribution in [0.15, 0.2) is 42.5 Å². The van der Waals surface area contributed by atoms with Gasteiger partial charge in [-0.15, -0.1) is 0 Å². The smallest absolute Gasteiger partial charge is 0.337 e. The number of ether oxygens (including phenoxy) is 3. The molecule has 0 bridgehead atoms. The zero-order chi connectivity index (χ0) is 19.8. The molecule has 2 rings (SSSR count). The molecule has 144 valence electrons. The van der Waals surface area contributed by atoms with Gasteiger partial charge in [0.05, 0.1) is 32.9 Å². The summed E-state index contributed by atoms with van der Waals surface area (Å²) in [6.45, 7) is 2.06. The minimum Gasteiger partial charge on any atom is -0.493 e. The van der Waals surface area contributed by atoms with E-state index in [1.54, 1.807) is 32.4 Å². The van der Waals surface area contributed by atoms with Gasteiger partial charge >= 0.3 is 5.97 Å². The summed E-state index contributed by atoms with van der Waals surface area (Å²) in [6, 6.07) is 12.7. The van der Waals surface area contributed by atoms with Crippen molar-refractivity contribution in [3.8, 4) is 11.5 Å². The molecule has 0 unspecified atom stereocenters. The fourth-order valence-electron chi connectivity index (χ4n) is 2.66. The van der Waals surface area contributed by atoms with E-state index in [0.29, 0.717) is 27.9 Å². The van der Waals surface area contributed by atoms with Gasteiger partial charge in [-0.2, -0.15) is 0 Å². The van der Waals surface area contributed by atoms with Crippen LogP contribution in [-0.4, -0.2) is 32.4 Å². The van der Waals surface area contributed by atoms with Crippen LogP contribution in [0.2, 0.25) is 0 Å². The summed E-state index contributed by atoms with van der Waals surface area (Å²) in [7, 11) is 4.56. The number of rotatable bonds is 7. The lowest BCUT2D eigenvalue weighted by atomic mass is 10.0. The third kappa shape index (κ3) is 5.34. The van der Waals surface area contributed by atoms with Gasteiger partial charge in [-0.05, 0) is 54.5 Å². The zero-order valence-electron chi connectivity index (χ0n) is 15.9. The van der Waals surface area contributed by atoms with Crippen LogP contribution in [0.1, 0.15) is 35.3 Å². The Morgan fingerprint density at radius 1 is 1.07 bits per heavy atom. The average Bonchev–Trinajstić information content (AvgIpc) is 2.70. The molecule has 2 aromatic rings. The quantitative estimate of drug-likeness (QED) is 0.550. The van der Waals surface area contributed by atoms with Crippen LogP contribution in [0.3, 0.4) is 0 Å². The average molecular weight is 388 g/mol. The number of thiocarbonyl (C=S) groups is 1. The molecule has 2 aromatic carbocycles. The van der Waals surface area contributed by atoms with E-state index in [-0.39, 0.29) is 6.04 Å². The molecule has 0 saturated carbocycles. The van der Waals surface area contributed by atoms with Crippen LogP contribution in [-0.2, 0) is 4.74 Å². The normalized spacial score (nSPS) is 11.3. The molecule has 27 heavy (non-hydrogen) atoms. The molecule has 0 saturated heterocycles. The SMILES string of the molecule is CC[C@H](NC(=S)Nc1cccc(C(=O)OC)c1)c1ccc(OC)c(OC)c1. The molecule has 0 aliphatic carbocycles. The fourth-order valence-corrected chi connectivity index (χ4v) is 2.92. The summed E-state index contributed by atoms with van der Waals surface area (Å²) >= 11 is 5.43. The molecule has 0 fully saturated rings. The minimum absolute atomic E-state index is 0.00593. The van der Waals surface area contributed by atoms with E-state index in [4.69, 9.17) is 26.4 Å². The number of benzene rings is 2. The van der Waals surface area contributed by atoms with Crippen molar-refractivity contribution in [2.75, 3.05) is 26.6 Å². The first-order chi connectivity index (χ1) is 13.0. The standard InChI is InChI=1S/C20H24N2O4S/c1-5-16(13-9-10-17(24-2)18(12-13)25-3)22-20(27)21-15-8-6-7-14(11-15)19(23)26-4/h6-12,16H,5H2,1-4H3,(H2,21,22,27)/t16-/m0/s1. The van der Waals surface area contributed by atoms with Crippen molar-refractivity contribution in [3.63, 3.8) is 0 Å². The van der Waals surface area contributed by atoms with Crippen molar-refractivity contribution < 1.29 is 19.0 Å². The first-order valence-electron chi connectivity index (χ1n) is 8.50. The second kappa shape index (κ2) is 9.78. The first-order valence-corrected chi connectivity index (χ1v) is 8.91. The molecule has 0 aromatic heterocycles. The molecule has 0 aliphatic rings. The third-order valence-electron chi connectivity index (χ3n) is 4.07. The van der Waals surface area contributed by atoms with Crippen molar-refractivity contribution in [2.24, 2.45) is 0 Å². The maximum atomic E-state index is 11.7. The van der Waals surface area contributed by atoms with Crippen molar-refractivity contribution in [2.45, 2.75) is 19.4 Å².